The van der Waals surface area contributed by atoms with E-state index >= 15 is 0 Å². The van der Waals surface area contributed by atoms with Crippen LogP contribution in [0.1, 0.15) is 19.2 Å². The van der Waals surface area contributed by atoms with Gasteiger partial charge in [-0.3, -0.25) is 4.79 Å². The van der Waals surface area contributed by atoms with Crippen LogP contribution in [0.3, 0.4) is 0 Å². The van der Waals surface area contributed by atoms with Crippen molar-refractivity contribution in [3.8, 4) is 0 Å². The fourth-order valence-electron chi connectivity index (χ4n) is 1.69. The Hall–Kier alpha value is -1.62. The van der Waals surface area contributed by atoms with Gasteiger partial charge in [-0.2, -0.15) is 0 Å². The van der Waals surface area contributed by atoms with E-state index in [1.807, 2.05) is 38.1 Å². The van der Waals surface area contributed by atoms with E-state index in [-0.39, 0.29) is 0 Å². The third-order valence-electron chi connectivity index (χ3n) is 2.58. The number of aryl methyl sites for hydroxylation is 1. The Kier molecular flexibility index (Phi) is 3.81. The van der Waals surface area contributed by atoms with Gasteiger partial charge in [0.1, 0.15) is 16.1 Å². The lowest BCUT2D eigenvalue weighted by Crippen LogP contribution is -2.15. The lowest BCUT2D eigenvalue weighted by Gasteiger charge is -2.11. The molecule has 1 atom stereocenters. The van der Waals surface area contributed by atoms with Crippen LogP contribution in [0.25, 0.3) is 10.9 Å². The zero-order valence-electron chi connectivity index (χ0n) is 10.3. The Morgan fingerprint density at radius 1 is 1.39 bits per heavy atom. The second kappa shape index (κ2) is 5.35. The van der Waals surface area contributed by atoms with E-state index in [0.29, 0.717) is 12.2 Å². The van der Waals surface area contributed by atoms with Crippen LogP contribution in [-0.4, -0.2) is 26.3 Å². The summed E-state index contributed by atoms with van der Waals surface area (Å²) in [6.07, 6.45) is 0.567. The Balaban J connectivity index is 2.46. The highest BCUT2D eigenvalue weighted by Crippen LogP contribution is 2.29. The average Bonchev–Trinajstić information content (AvgIpc) is 2.35. The highest BCUT2D eigenvalue weighted by Gasteiger charge is 2.19. The fourth-order valence-corrected chi connectivity index (χ4v) is 2.71. The van der Waals surface area contributed by atoms with Gasteiger partial charge < -0.3 is 5.11 Å². The molecule has 5 heteroatoms. The maximum Gasteiger partial charge on any atom is 0.317 e. The van der Waals surface area contributed by atoms with Crippen LogP contribution < -0.4 is 0 Å². The van der Waals surface area contributed by atoms with E-state index in [0.717, 1.165) is 15.9 Å². The summed E-state index contributed by atoms with van der Waals surface area (Å²) in [5.74, 6) is -0.140. The molecule has 0 radical (unpaired) electrons. The first-order valence-corrected chi connectivity index (χ1v) is 6.62. The molecule has 0 amide bonds. The molecule has 0 fully saturated rings. The van der Waals surface area contributed by atoms with Crippen LogP contribution in [0, 0.1) is 6.92 Å². The quantitative estimate of drug-likeness (QED) is 0.678. The van der Waals surface area contributed by atoms with Crippen molar-refractivity contribution >= 4 is 28.6 Å². The molecule has 1 aromatic carbocycles. The molecular weight excluding hydrogens is 248 g/mol. The topological polar surface area (TPSA) is 63.1 Å². The minimum Gasteiger partial charge on any atom is -0.480 e. The van der Waals surface area contributed by atoms with Crippen molar-refractivity contribution in [2.75, 3.05) is 0 Å². The third-order valence-corrected chi connectivity index (χ3v) is 3.93. The first kappa shape index (κ1) is 12.8. The maximum atomic E-state index is 11.1. The molecule has 0 saturated carbocycles. The van der Waals surface area contributed by atoms with Crippen LogP contribution in [0.2, 0.25) is 0 Å². The summed E-state index contributed by atoms with van der Waals surface area (Å²) in [6, 6.07) is 7.66. The van der Waals surface area contributed by atoms with Gasteiger partial charge in [0.05, 0.1) is 5.52 Å². The number of rotatable bonds is 4. The van der Waals surface area contributed by atoms with Crippen molar-refractivity contribution in [1.29, 1.82) is 0 Å². The van der Waals surface area contributed by atoms with Gasteiger partial charge >= 0.3 is 5.97 Å². The normalized spacial score (nSPS) is 12.6. The number of hydrogen-bond acceptors (Lipinski definition) is 4. The highest BCUT2D eigenvalue weighted by atomic mass is 32.2. The van der Waals surface area contributed by atoms with Gasteiger partial charge in [-0.25, -0.2) is 9.97 Å². The summed E-state index contributed by atoms with van der Waals surface area (Å²) in [4.78, 5) is 19.8. The number of benzene rings is 1. The van der Waals surface area contributed by atoms with Gasteiger partial charge in [-0.15, -0.1) is 0 Å². The molecule has 1 unspecified atom stereocenters. The van der Waals surface area contributed by atoms with Gasteiger partial charge in [0, 0.05) is 5.39 Å². The van der Waals surface area contributed by atoms with E-state index in [2.05, 4.69) is 9.97 Å². The van der Waals surface area contributed by atoms with Crippen molar-refractivity contribution in [2.24, 2.45) is 0 Å². The highest BCUT2D eigenvalue weighted by molar-refractivity contribution is 8.00. The second-order valence-corrected chi connectivity index (χ2v) is 5.14. The molecule has 1 N–H and O–H groups in total. The van der Waals surface area contributed by atoms with Crippen LogP contribution in [0.5, 0.6) is 0 Å². The summed E-state index contributed by atoms with van der Waals surface area (Å²) in [5, 5.41) is 10.3. The third kappa shape index (κ3) is 2.61. The van der Waals surface area contributed by atoms with Crippen molar-refractivity contribution in [2.45, 2.75) is 30.5 Å². The molecule has 18 heavy (non-hydrogen) atoms. The van der Waals surface area contributed by atoms with E-state index in [9.17, 15) is 4.79 Å². The Morgan fingerprint density at radius 3 is 2.78 bits per heavy atom. The van der Waals surface area contributed by atoms with Gasteiger partial charge in [0.15, 0.2) is 0 Å². The molecule has 4 nitrogen and oxygen atoms in total. The monoisotopic (exact) mass is 262 g/mol. The summed E-state index contributed by atoms with van der Waals surface area (Å²) < 4.78 is 0. The van der Waals surface area contributed by atoms with Crippen LogP contribution >= 0.6 is 11.8 Å². The number of aromatic nitrogens is 2. The number of nitrogens with zero attached hydrogens (tertiary/aromatic N) is 2. The molecule has 0 aliphatic heterocycles. The first-order chi connectivity index (χ1) is 8.61. The molecule has 0 spiro atoms. The predicted molar refractivity (Wildman–Crippen MR) is 71.8 cm³/mol. The second-order valence-electron chi connectivity index (χ2n) is 3.95. The number of hydrogen-bond donors (Lipinski definition) is 1. The molecule has 1 heterocycles. The largest absolute Gasteiger partial charge is 0.480 e. The summed E-state index contributed by atoms with van der Waals surface area (Å²) in [5.41, 5.74) is 0.854. The number of carbonyl (C=O) groups is 1. The number of fused-ring (bicyclic) bond motifs is 1. The van der Waals surface area contributed by atoms with Crippen molar-refractivity contribution in [3.05, 3.63) is 30.1 Å². The number of carboxylic acids is 1. The molecule has 0 bridgehead atoms. The zero-order chi connectivity index (χ0) is 13.1. The Bertz CT molecular complexity index is 586. The van der Waals surface area contributed by atoms with Gasteiger partial charge in [-0.1, -0.05) is 36.9 Å². The van der Waals surface area contributed by atoms with Crippen LogP contribution in [-0.2, 0) is 4.79 Å². The standard InChI is InChI=1S/C13H14N2O2S/c1-3-11(13(16)17)18-12-9-6-4-5-7-10(9)14-8(2)15-12/h4-7,11H,3H2,1-2H3,(H,16,17). The van der Waals surface area contributed by atoms with Crippen molar-refractivity contribution in [1.82, 2.24) is 9.97 Å². The molecule has 2 aromatic rings. The molecule has 0 aliphatic carbocycles. The van der Waals surface area contributed by atoms with E-state index in [1.165, 1.54) is 11.8 Å². The smallest absolute Gasteiger partial charge is 0.317 e. The number of thioether (sulfide) groups is 1. The molecule has 2 rings (SSSR count). The summed E-state index contributed by atoms with van der Waals surface area (Å²) in [7, 11) is 0. The van der Waals surface area contributed by atoms with Crippen molar-refractivity contribution < 1.29 is 9.90 Å². The van der Waals surface area contributed by atoms with E-state index in [4.69, 9.17) is 5.11 Å². The summed E-state index contributed by atoms with van der Waals surface area (Å²) >= 11 is 1.29. The fraction of sp³-hybridized carbons (Fsp3) is 0.308. The van der Waals surface area contributed by atoms with Crippen LogP contribution in [0.4, 0.5) is 0 Å². The van der Waals surface area contributed by atoms with Gasteiger partial charge in [0.25, 0.3) is 0 Å². The molecule has 94 valence electrons. The Morgan fingerprint density at radius 2 is 2.11 bits per heavy atom. The van der Waals surface area contributed by atoms with E-state index in [1.54, 1.807) is 0 Å². The lowest BCUT2D eigenvalue weighted by molar-refractivity contribution is -0.136. The van der Waals surface area contributed by atoms with E-state index < -0.39 is 11.2 Å². The van der Waals surface area contributed by atoms with Crippen LogP contribution in [0.15, 0.2) is 29.3 Å². The number of para-hydroxylation sites is 1. The number of carboxylic acid groups (broad SMARTS) is 1. The molecule has 0 aliphatic rings. The number of aliphatic carboxylic acids is 1. The summed E-state index contributed by atoms with van der Waals surface area (Å²) in [6.45, 7) is 3.68. The molecular formula is C13H14N2O2S. The Labute approximate surface area is 109 Å². The van der Waals surface area contributed by atoms with Crippen molar-refractivity contribution in [3.63, 3.8) is 0 Å². The minimum absolute atomic E-state index is 0.470. The maximum absolute atomic E-state index is 11.1. The first-order valence-electron chi connectivity index (χ1n) is 5.74. The predicted octanol–water partition coefficient (Wildman–Crippen LogP) is 2.89. The molecule has 0 saturated heterocycles. The van der Waals surface area contributed by atoms with Gasteiger partial charge in [0.2, 0.25) is 0 Å². The SMILES string of the molecule is CCC(Sc1nc(C)nc2ccccc12)C(=O)O. The molecule has 1 aromatic heterocycles. The minimum atomic E-state index is -0.803. The lowest BCUT2D eigenvalue weighted by atomic mass is 10.2. The van der Waals surface area contributed by atoms with Gasteiger partial charge in [-0.05, 0) is 19.4 Å². The average molecular weight is 262 g/mol. The zero-order valence-corrected chi connectivity index (χ0v) is 11.1.